The standard InChI is InChI=1S/C11H19NO/c13-11-7-3-1-2-6-10(11)12-8-4-5-9-12/h4-5,10-11,13H,1-3,6-9H2. The monoisotopic (exact) mass is 181 g/mol. The molecule has 0 aromatic carbocycles. The number of hydrogen-bond acceptors (Lipinski definition) is 2. The second kappa shape index (κ2) is 4.25. The summed E-state index contributed by atoms with van der Waals surface area (Å²) in [5.74, 6) is 0. The summed E-state index contributed by atoms with van der Waals surface area (Å²) < 4.78 is 0. The van der Waals surface area contributed by atoms with Gasteiger partial charge in [-0.25, -0.2) is 0 Å². The topological polar surface area (TPSA) is 23.5 Å². The summed E-state index contributed by atoms with van der Waals surface area (Å²) in [6.07, 6.45) is 10.3. The predicted octanol–water partition coefficient (Wildman–Crippen LogP) is 1.55. The van der Waals surface area contributed by atoms with Crippen LogP contribution in [0.25, 0.3) is 0 Å². The Kier molecular flexibility index (Phi) is 3.01. The first-order chi connectivity index (χ1) is 6.38. The van der Waals surface area contributed by atoms with E-state index in [2.05, 4.69) is 17.1 Å². The summed E-state index contributed by atoms with van der Waals surface area (Å²) in [6, 6.07) is 0.428. The van der Waals surface area contributed by atoms with Gasteiger partial charge in [0.25, 0.3) is 0 Å². The van der Waals surface area contributed by atoms with Crippen molar-refractivity contribution in [1.82, 2.24) is 4.90 Å². The van der Waals surface area contributed by atoms with Gasteiger partial charge in [-0.05, 0) is 12.8 Å². The smallest absolute Gasteiger partial charge is 0.0695 e. The Labute approximate surface area is 80.2 Å². The summed E-state index contributed by atoms with van der Waals surface area (Å²) in [7, 11) is 0. The van der Waals surface area contributed by atoms with E-state index in [1.165, 1.54) is 25.7 Å². The van der Waals surface area contributed by atoms with Gasteiger partial charge in [0.05, 0.1) is 6.10 Å². The minimum Gasteiger partial charge on any atom is -0.391 e. The molecule has 2 aliphatic rings. The van der Waals surface area contributed by atoms with E-state index in [-0.39, 0.29) is 6.10 Å². The Balaban J connectivity index is 1.94. The molecule has 1 fully saturated rings. The second-order valence-corrected chi connectivity index (χ2v) is 4.20. The molecule has 2 heteroatoms. The maximum Gasteiger partial charge on any atom is 0.0695 e. The van der Waals surface area contributed by atoms with Crippen LogP contribution < -0.4 is 0 Å². The number of nitrogens with zero attached hydrogens (tertiary/aromatic N) is 1. The summed E-state index contributed by atoms with van der Waals surface area (Å²) in [5, 5.41) is 9.94. The van der Waals surface area contributed by atoms with Crippen molar-refractivity contribution in [1.29, 1.82) is 0 Å². The van der Waals surface area contributed by atoms with Crippen LogP contribution >= 0.6 is 0 Å². The number of rotatable bonds is 1. The molecule has 0 radical (unpaired) electrons. The molecule has 2 rings (SSSR count). The van der Waals surface area contributed by atoms with Crippen molar-refractivity contribution in [3.63, 3.8) is 0 Å². The normalized spacial score (nSPS) is 36.4. The van der Waals surface area contributed by atoms with Crippen molar-refractivity contribution < 1.29 is 5.11 Å². The largest absolute Gasteiger partial charge is 0.391 e. The molecule has 13 heavy (non-hydrogen) atoms. The van der Waals surface area contributed by atoms with Crippen molar-refractivity contribution in [2.75, 3.05) is 13.1 Å². The fourth-order valence-electron chi connectivity index (χ4n) is 2.46. The van der Waals surface area contributed by atoms with Crippen molar-refractivity contribution >= 4 is 0 Å². The van der Waals surface area contributed by atoms with Gasteiger partial charge in [-0.2, -0.15) is 0 Å². The van der Waals surface area contributed by atoms with Crippen LogP contribution in [0.5, 0.6) is 0 Å². The predicted molar refractivity (Wildman–Crippen MR) is 53.6 cm³/mol. The zero-order valence-corrected chi connectivity index (χ0v) is 8.15. The highest BCUT2D eigenvalue weighted by Crippen LogP contribution is 2.23. The average molecular weight is 181 g/mol. The van der Waals surface area contributed by atoms with E-state index in [1.54, 1.807) is 0 Å². The average Bonchev–Trinajstić information content (AvgIpc) is 2.56. The van der Waals surface area contributed by atoms with E-state index in [4.69, 9.17) is 0 Å². The maximum absolute atomic E-state index is 9.94. The molecule has 2 unspecified atom stereocenters. The zero-order chi connectivity index (χ0) is 9.10. The van der Waals surface area contributed by atoms with Gasteiger partial charge in [0.15, 0.2) is 0 Å². The summed E-state index contributed by atoms with van der Waals surface area (Å²) in [4.78, 5) is 2.40. The highest BCUT2D eigenvalue weighted by molar-refractivity contribution is 4.99. The van der Waals surface area contributed by atoms with Gasteiger partial charge in [-0.1, -0.05) is 31.4 Å². The van der Waals surface area contributed by atoms with E-state index in [0.29, 0.717) is 6.04 Å². The zero-order valence-electron chi connectivity index (χ0n) is 8.15. The molecule has 0 bridgehead atoms. The molecule has 2 atom stereocenters. The fraction of sp³-hybridized carbons (Fsp3) is 0.818. The lowest BCUT2D eigenvalue weighted by atomic mass is 10.0. The summed E-state index contributed by atoms with van der Waals surface area (Å²) >= 11 is 0. The number of hydrogen-bond donors (Lipinski definition) is 1. The molecule has 0 aromatic heterocycles. The van der Waals surface area contributed by atoms with Gasteiger partial charge >= 0.3 is 0 Å². The minimum absolute atomic E-state index is 0.0811. The van der Waals surface area contributed by atoms with Crippen LogP contribution in [0.1, 0.15) is 32.1 Å². The molecule has 1 heterocycles. The molecular weight excluding hydrogens is 162 g/mol. The first-order valence-corrected chi connectivity index (χ1v) is 5.45. The van der Waals surface area contributed by atoms with E-state index in [0.717, 1.165) is 19.5 Å². The molecule has 74 valence electrons. The molecule has 1 saturated carbocycles. The van der Waals surface area contributed by atoms with Gasteiger partial charge in [-0.15, -0.1) is 0 Å². The SMILES string of the molecule is OC1CCCCCC1N1CC=CC1. The van der Waals surface area contributed by atoms with Gasteiger partial charge in [-0.3, -0.25) is 4.90 Å². The molecular formula is C11H19NO. The van der Waals surface area contributed by atoms with Gasteiger partial charge in [0.1, 0.15) is 0 Å². The molecule has 1 aliphatic carbocycles. The van der Waals surface area contributed by atoms with Gasteiger partial charge < -0.3 is 5.11 Å². The lowest BCUT2D eigenvalue weighted by molar-refractivity contribution is 0.0597. The van der Waals surface area contributed by atoms with E-state index >= 15 is 0 Å². The Morgan fingerprint density at radius 2 is 1.69 bits per heavy atom. The van der Waals surface area contributed by atoms with Gasteiger partial charge in [0, 0.05) is 19.1 Å². The van der Waals surface area contributed by atoms with Crippen LogP contribution in [-0.2, 0) is 0 Å². The third-order valence-electron chi connectivity index (χ3n) is 3.26. The van der Waals surface area contributed by atoms with Crippen LogP contribution in [0, 0.1) is 0 Å². The lowest BCUT2D eigenvalue weighted by Crippen LogP contribution is -2.41. The second-order valence-electron chi connectivity index (χ2n) is 4.20. The molecule has 1 aliphatic heterocycles. The summed E-state index contributed by atoms with van der Waals surface area (Å²) in [6.45, 7) is 2.09. The van der Waals surface area contributed by atoms with Crippen molar-refractivity contribution in [3.05, 3.63) is 12.2 Å². The maximum atomic E-state index is 9.94. The van der Waals surface area contributed by atoms with E-state index in [9.17, 15) is 5.11 Å². The molecule has 1 N–H and O–H groups in total. The molecule has 0 saturated heterocycles. The fourth-order valence-corrected chi connectivity index (χ4v) is 2.46. The Morgan fingerprint density at radius 1 is 1.00 bits per heavy atom. The Bertz CT molecular complexity index is 183. The Hall–Kier alpha value is -0.340. The van der Waals surface area contributed by atoms with Crippen LogP contribution in [0.15, 0.2) is 12.2 Å². The number of aliphatic hydroxyl groups is 1. The van der Waals surface area contributed by atoms with Crippen molar-refractivity contribution in [2.24, 2.45) is 0 Å². The third-order valence-corrected chi connectivity index (χ3v) is 3.26. The third kappa shape index (κ3) is 2.12. The quantitative estimate of drug-likeness (QED) is 0.490. The molecule has 2 nitrogen and oxygen atoms in total. The molecule has 0 spiro atoms. The van der Waals surface area contributed by atoms with E-state index < -0.39 is 0 Å². The highest BCUT2D eigenvalue weighted by atomic mass is 16.3. The first-order valence-electron chi connectivity index (χ1n) is 5.45. The lowest BCUT2D eigenvalue weighted by Gasteiger charge is -2.30. The van der Waals surface area contributed by atoms with Crippen molar-refractivity contribution in [3.8, 4) is 0 Å². The first kappa shape index (κ1) is 9.22. The van der Waals surface area contributed by atoms with Crippen LogP contribution in [-0.4, -0.2) is 35.2 Å². The summed E-state index contributed by atoms with van der Waals surface area (Å²) in [5.41, 5.74) is 0. The molecule has 0 amide bonds. The van der Waals surface area contributed by atoms with Crippen LogP contribution in [0.3, 0.4) is 0 Å². The van der Waals surface area contributed by atoms with Gasteiger partial charge in [0.2, 0.25) is 0 Å². The number of aliphatic hydroxyl groups excluding tert-OH is 1. The van der Waals surface area contributed by atoms with Crippen LogP contribution in [0.4, 0.5) is 0 Å². The van der Waals surface area contributed by atoms with Crippen molar-refractivity contribution in [2.45, 2.75) is 44.2 Å². The minimum atomic E-state index is -0.0811. The highest BCUT2D eigenvalue weighted by Gasteiger charge is 2.27. The molecule has 0 aromatic rings. The van der Waals surface area contributed by atoms with E-state index in [1.807, 2.05) is 0 Å². The Morgan fingerprint density at radius 3 is 2.46 bits per heavy atom. The van der Waals surface area contributed by atoms with Crippen LogP contribution in [0.2, 0.25) is 0 Å².